The number of hydrogen-bond acceptors (Lipinski definition) is 7. The van der Waals surface area contributed by atoms with Crippen molar-refractivity contribution in [1.82, 2.24) is 10.9 Å². The summed E-state index contributed by atoms with van der Waals surface area (Å²) in [6.07, 6.45) is 1.47. The van der Waals surface area contributed by atoms with Gasteiger partial charge in [-0.3, -0.25) is 10.2 Å². The largest absolute Gasteiger partial charge is 0.494 e. The Balaban J connectivity index is 1.74. The maximum atomic E-state index is 13.5. The van der Waals surface area contributed by atoms with Gasteiger partial charge in [0.1, 0.15) is 11.9 Å². The summed E-state index contributed by atoms with van der Waals surface area (Å²) >= 11 is 0. The van der Waals surface area contributed by atoms with Crippen LogP contribution in [0.25, 0.3) is 0 Å². The highest BCUT2D eigenvalue weighted by molar-refractivity contribution is 6.00. The Morgan fingerprint density at radius 1 is 1.11 bits per heavy atom. The van der Waals surface area contributed by atoms with Gasteiger partial charge in [0.15, 0.2) is 5.54 Å². The number of amides is 1. The third kappa shape index (κ3) is 7.52. The van der Waals surface area contributed by atoms with E-state index in [1.54, 1.807) is 0 Å². The number of aliphatic hydroxyl groups is 1. The Kier molecular flexibility index (Phi) is 10.1. The molecular weight excluding hydrogens is 446 g/mol. The second kappa shape index (κ2) is 13.2. The van der Waals surface area contributed by atoms with Crippen LogP contribution in [-0.4, -0.2) is 61.0 Å². The minimum Gasteiger partial charge on any atom is -0.494 e. The van der Waals surface area contributed by atoms with Gasteiger partial charge in [0.25, 0.3) is 5.91 Å². The molecule has 1 aliphatic heterocycles. The molecule has 0 bridgehead atoms. The van der Waals surface area contributed by atoms with Crippen molar-refractivity contribution in [2.45, 2.75) is 57.8 Å². The van der Waals surface area contributed by atoms with E-state index in [0.717, 1.165) is 17.5 Å². The van der Waals surface area contributed by atoms with Crippen LogP contribution in [-0.2, 0) is 20.7 Å². The summed E-state index contributed by atoms with van der Waals surface area (Å²) in [4.78, 5) is 18.3. The maximum Gasteiger partial charge on any atom is 0.266 e. The quantitative estimate of drug-likeness (QED) is 0.282. The Labute approximate surface area is 207 Å². The van der Waals surface area contributed by atoms with E-state index in [1.807, 2.05) is 75.4 Å². The molecule has 2 aromatic rings. The molecule has 0 aliphatic carbocycles. The van der Waals surface area contributed by atoms with Gasteiger partial charge in [-0.15, -0.1) is 0 Å². The first kappa shape index (κ1) is 26.7. The van der Waals surface area contributed by atoms with Crippen molar-refractivity contribution >= 4 is 11.8 Å². The topological polar surface area (TPSA) is 101 Å². The number of ether oxygens (including phenoxy) is 3. The lowest BCUT2D eigenvalue weighted by atomic mass is 9.86. The molecule has 0 saturated carbocycles. The normalized spacial score (nSPS) is 19.3. The number of rotatable bonds is 14. The van der Waals surface area contributed by atoms with Crippen molar-refractivity contribution in [3.8, 4) is 5.75 Å². The first-order chi connectivity index (χ1) is 16.9. The van der Waals surface area contributed by atoms with Crippen molar-refractivity contribution < 1.29 is 24.1 Å². The van der Waals surface area contributed by atoms with E-state index in [-0.39, 0.29) is 18.6 Å². The van der Waals surface area contributed by atoms with Gasteiger partial charge >= 0.3 is 0 Å². The smallest absolute Gasteiger partial charge is 0.266 e. The molecule has 2 atom stereocenters. The lowest BCUT2D eigenvalue weighted by Gasteiger charge is -2.28. The molecule has 190 valence electrons. The van der Waals surface area contributed by atoms with E-state index in [2.05, 4.69) is 10.9 Å². The van der Waals surface area contributed by atoms with Gasteiger partial charge in [-0.1, -0.05) is 30.3 Å². The van der Waals surface area contributed by atoms with Crippen molar-refractivity contribution in [2.24, 2.45) is 4.99 Å². The number of aliphatic hydroxyl groups excluding tert-OH is 1. The van der Waals surface area contributed by atoms with Crippen LogP contribution in [0.1, 0.15) is 44.7 Å². The van der Waals surface area contributed by atoms with Crippen molar-refractivity contribution in [3.05, 3.63) is 65.7 Å². The first-order valence-electron chi connectivity index (χ1n) is 12.2. The van der Waals surface area contributed by atoms with E-state index in [0.29, 0.717) is 44.2 Å². The molecule has 35 heavy (non-hydrogen) atoms. The number of aliphatic imine (C=N–C) groups is 1. The molecule has 3 rings (SSSR count). The van der Waals surface area contributed by atoms with E-state index in [1.165, 1.54) is 0 Å². The summed E-state index contributed by atoms with van der Waals surface area (Å²) < 4.78 is 17.3. The minimum atomic E-state index is -1.12. The van der Waals surface area contributed by atoms with E-state index in [4.69, 9.17) is 24.3 Å². The average Bonchev–Trinajstić information content (AvgIpc) is 3.19. The highest BCUT2D eigenvalue weighted by atomic mass is 16.5. The summed E-state index contributed by atoms with van der Waals surface area (Å²) in [5, 5.41) is 8.91. The number of hydrazine groups is 1. The fraction of sp³-hybridized carbons (Fsp3) is 0.481. The van der Waals surface area contributed by atoms with Crippen molar-refractivity contribution in [3.63, 3.8) is 0 Å². The van der Waals surface area contributed by atoms with Gasteiger partial charge in [0.2, 0.25) is 5.90 Å². The van der Waals surface area contributed by atoms with Crippen LogP contribution in [0.2, 0.25) is 0 Å². The lowest BCUT2D eigenvalue weighted by molar-refractivity contribution is -0.129. The molecule has 1 heterocycles. The second-order valence-corrected chi connectivity index (χ2v) is 8.87. The summed E-state index contributed by atoms with van der Waals surface area (Å²) in [5.41, 5.74) is 6.51. The molecular formula is C27H37N3O5. The molecule has 8 nitrogen and oxygen atoms in total. The monoisotopic (exact) mass is 483 g/mol. The first-order valence-corrected chi connectivity index (χ1v) is 12.2. The molecule has 0 spiro atoms. The average molecular weight is 484 g/mol. The molecule has 0 aromatic heterocycles. The number of benzene rings is 2. The van der Waals surface area contributed by atoms with Crippen LogP contribution in [0.15, 0.2) is 59.6 Å². The van der Waals surface area contributed by atoms with Crippen LogP contribution < -0.4 is 15.6 Å². The van der Waals surface area contributed by atoms with Gasteiger partial charge in [0, 0.05) is 38.2 Å². The minimum absolute atomic E-state index is 0.0900. The summed E-state index contributed by atoms with van der Waals surface area (Å²) in [5.74, 6) is 0.890. The fourth-order valence-electron chi connectivity index (χ4n) is 3.78. The summed E-state index contributed by atoms with van der Waals surface area (Å²) in [6.45, 7) is 7.62. The van der Waals surface area contributed by atoms with Crippen LogP contribution >= 0.6 is 0 Å². The van der Waals surface area contributed by atoms with Crippen LogP contribution in [0.3, 0.4) is 0 Å². The van der Waals surface area contributed by atoms with Gasteiger partial charge in [-0.2, -0.15) is 0 Å². The highest BCUT2D eigenvalue weighted by Crippen LogP contribution is 2.32. The molecule has 1 amide bonds. The van der Waals surface area contributed by atoms with E-state index in [9.17, 15) is 4.79 Å². The highest BCUT2D eigenvalue weighted by Gasteiger charge is 2.50. The van der Waals surface area contributed by atoms with Gasteiger partial charge in [0.05, 0.1) is 12.7 Å². The maximum absolute atomic E-state index is 13.5. The molecule has 0 fully saturated rings. The number of carbonyl (C=O) groups is 1. The zero-order valence-corrected chi connectivity index (χ0v) is 20.8. The van der Waals surface area contributed by atoms with Gasteiger partial charge in [-0.25, -0.2) is 10.4 Å². The third-order valence-electron chi connectivity index (χ3n) is 5.74. The zero-order chi connectivity index (χ0) is 25.1. The summed E-state index contributed by atoms with van der Waals surface area (Å²) in [7, 11) is 0. The SMILES string of the molecule is CC(C)OCCCNNC(=O)[C@@]1(Cc2ccccc2)N=C(c2ccc(OCCCO)cc2)O[C@H]1C. The Bertz CT molecular complexity index is 949. The molecule has 3 N–H and O–H groups in total. The Hall–Kier alpha value is -2.94. The van der Waals surface area contributed by atoms with Crippen molar-refractivity contribution in [1.29, 1.82) is 0 Å². The van der Waals surface area contributed by atoms with E-state index < -0.39 is 11.6 Å². The van der Waals surface area contributed by atoms with Crippen molar-refractivity contribution in [2.75, 3.05) is 26.4 Å². The van der Waals surface area contributed by atoms with Crippen LogP contribution in [0, 0.1) is 0 Å². The molecule has 0 radical (unpaired) electrons. The molecule has 0 saturated heterocycles. The molecule has 8 heteroatoms. The van der Waals surface area contributed by atoms with Crippen LogP contribution in [0.5, 0.6) is 5.75 Å². The van der Waals surface area contributed by atoms with Crippen LogP contribution in [0.4, 0.5) is 0 Å². The second-order valence-electron chi connectivity index (χ2n) is 8.87. The summed E-state index contributed by atoms with van der Waals surface area (Å²) in [6, 6.07) is 17.2. The molecule has 1 aliphatic rings. The molecule has 2 aromatic carbocycles. The number of nitrogens with zero attached hydrogens (tertiary/aromatic N) is 1. The van der Waals surface area contributed by atoms with E-state index >= 15 is 0 Å². The lowest BCUT2D eigenvalue weighted by Crippen LogP contribution is -2.56. The Morgan fingerprint density at radius 2 is 1.86 bits per heavy atom. The number of nitrogens with one attached hydrogen (secondary N) is 2. The number of carbonyl (C=O) groups excluding carboxylic acids is 1. The zero-order valence-electron chi connectivity index (χ0n) is 20.8. The fourth-order valence-corrected chi connectivity index (χ4v) is 3.78. The Morgan fingerprint density at radius 3 is 2.54 bits per heavy atom. The number of hydrogen-bond donors (Lipinski definition) is 3. The standard InChI is InChI=1S/C27H37N3O5/c1-20(2)33-17-7-15-28-30-26(32)27(19-22-9-5-4-6-10-22)21(3)35-25(29-27)23-11-13-24(14-12-23)34-18-8-16-31/h4-6,9-14,20-21,28,31H,7-8,15-19H2,1-3H3,(H,30,32)/t21-,27-/m0/s1. The third-order valence-corrected chi connectivity index (χ3v) is 5.74. The van der Waals surface area contributed by atoms with Gasteiger partial charge in [-0.05, 0) is 57.0 Å². The predicted molar refractivity (Wildman–Crippen MR) is 135 cm³/mol. The van der Waals surface area contributed by atoms with Gasteiger partial charge < -0.3 is 19.3 Å². The molecule has 0 unspecified atom stereocenters. The predicted octanol–water partition coefficient (Wildman–Crippen LogP) is 3.03.